The number of hydrogen-bond acceptors (Lipinski definition) is 8. The first-order chi connectivity index (χ1) is 17.3. The first-order valence-corrected chi connectivity index (χ1v) is 13.9. The van der Waals surface area contributed by atoms with Crippen LogP contribution < -0.4 is 5.43 Å². The number of aromatic nitrogens is 3. The Kier molecular flexibility index (Phi) is 7.18. The van der Waals surface area contributed by atoms with E-state index in [0.717, 1.165) is 34.0 Å². The molecule has 14 heteroatoms. The monoisotopic (exact) mass is 553 g/mol. The van der Waals surface area contributed by atoms with Gasteiger partial charge in [0.05, 0.1) is 17.9 Å². The molecule has 1 aliphatic rings. The number of aromatic hydroxyl groups is 1. The van der Waals surface area contributed by atoms with Gasteiger partial charge in [0.2, 0.25) is 15.5 Å². The molecule has 10 nitrogen and oxygen atoms in total. The second kappa shape index (κ2) is 9.91. The van der Waals surface area contributed by atoms with Crippen molar-refractivity contribution in [2.45, 2.75) is 38.9 Å². The van der Waals surface area contributed by atoms with Gasteiger partial charge in [-0.1, -0.05) is 17.4 Å². The van der Waals surface area contributed by atoms with Crippen LogP contribution in [-0.2, 0) is 23.0 Å². The lowest BCUT2D eigenvalue weighted by molar-refractivity contribution is 0.0480. The van der Waals surface area contributed by atoms with Crippen LogP contribution in [0, 0.1) is 11.6 Å². The standard InChI is InChI=1S/C23H25F2N5O5S2/c1-12(2)30-15(9-28(3)37(4,34)35)10-29-11-16(20(31)21(32)19(29)23(30)33)22-27-26-18(36-22)7-13-5-6-14(24)8-17(13)25/h5-6,8,11-12,15,32H,7,9-10H2,1-4H3/t15-/m1/s1. The van der Waals surface area contributed by atoms with E-state index in [9.17, 15) is 31.9 Å². The second-order valence-corrected chi connectivity index (χ2v) is 12.3. The highest BCUT2D eigenvalue weighted by atomic mass is 32.2. The first-order valence-electron chi connectivity index (χ1n) is 11.2. The zero-order chi connectivity index (χ0) is 27.2. The van der Waals surface area contributed by atoms with E-state index in [1.807, 2.05) is 0 Å². The Morgan fingerprint density at radius 2 is 1.95 bits per heavy atom. The maximum Gasteiger partial charge on any atom is 0.275 e. The molecule has 0 aliphatic carbocycles. The summed E-state index contributed by atoms with van der Waals surface area (Å²) in [6, 6.07) is 2.29. The Hall–Kier alpha value is -3.23. The number of halogens is 2. The first kappa shape index (κ1) is 26.8. The third-order valence-corrected chi connectivity index (χ3v) is 8.38. The van der Waals surface area contributed by atoms with Crippen LogP contribution in [0.15, 0.2) is 29.2 Å². The van der Waals surface area contributed by atoms with Crippen LogP contribution in [0.5, 0.6) is 5.75 Å². The van der Waals surface area contributed by atoms with Crippen LogP contribution >= 0.6 is 11.3 Å². The molecule has 4 rings (SSSR count). The van der Waals surface area contributed by atoms with Gasteiger partial charge in [0.15, 0.2) is 16.5 Å². The third kappa shape index (κ3) is 5.26. The summed E-state index contributed by atoms with van der Waals surface area (Å²) in [5.41, 5.74) is -0.818. The lowest BCUT2D eigenvalue weighted by atomic mass is 10.1. The molecule has 1 amide bonds. The number of hydrogen-bond donors (Lipinski definition) is 1. The number of sulfonamides is 1. The molecule has 1 N–H and O–H groups in total. The van der Waals surface area contributed by atoms with Crippen molar-refractivity contribution >= 4 is 27.3 Å². The fourth-order valence-electron chi connectivity index (χ4n) is 4.27. The molecule has 0 radical (unpaired) electrons. The molecule has 0 unspecified atom stereocenters. The highest BCUT2D eigenvalue weighted by Gasteiger charge is 2.38. The highest BCUT2D eigenvalue weighted by Crippen LogP contribution is 2.30. The van der Waals surface area contributed by atoms with Gasteiger partial charge in [-0.2, -0.15) is 0 Å². The molecule has 1 atom stereocenters. The van der Waals surface area contributed by atoms with E-state index >= 15 is 0 Å². The Labute approximate surface area is 215 Å². The van der Waals surface area contributed by atoms with E-state index in [2.05, 4.69) is 10.2 Å². The molecule has 1 aromatic carbocycles. The molecule has 0 spiro atoms. The maximum atomic E-state index is 14.1. The van der Waals surface area contributed by atoms with Gasteiger partial charge in [-0.15, -0.1) is 10.2 Å². The van der Waals surface area contributed by atoms with Crippen molar-refractivity contribution in [3.63, 3.8) is 0 Å². The van der Waals surface area contributed by atoms with E-state index in [1.54, 1.807) is 13.8 Å². The van der Waals surface area contributed by atoms with Crippen molar-refractivity contribution in [1.29, 1.82) is 0 Å². The topological polar surface area (TPSA) is 126 Å². The van der Waals surface area contributed by atoms with Gasteiger partial charge in [0.25, 0.3) is 5.91 Å². The zero-order valence-corrected chi connectivity index (χ0v) is 22.1. The van der Waals surface area contributed by atoms with Crippen LogP contribution in [0.1, 0.15) is 34.9 Å². The Morgan fingerprint density at radius 3 is 2.57 bits per heavy atom. The molecule has 3 heterocycles. The van der Waals surface area contributed by atoms with E-state index in [4.69, 9.17) is 0 Å². The van der Waals surface area contributed by atoms with E-state index < -0.39 is 44.8 Å². The van der Waals surface area contributed by atoms with Gasteiger partial charge in [-0.05, 0) is 25.5 Å². The summed E-state index contributed by atoms with van der Waals surface area (Å²) in [6.07, 6.45) is 2.48. The van der Waals surface area contributed by atoms with Crippen LogP contribution in [-0.4, -0.2) is 75.3 Å². The Bertz CT molecular complexity index is 1540. The normalized spacial score (nSPS) is 16.1. The third-order valence-electron chi connectivity index (χ3n) is 6.14. The lowest BCUT2D eigenvalue weighted by Crippen LogP contribution is -2.56. The number of likely N-dealkylation sites (N-methyl/N-ethyl adjacent to an activating group) is 1. The van der Waals surface area contributed by atoms with Crippen LogP contribution in [0.25, 0.3) is 10.6 Å². The number of amides is 1. The number of pyridine rings is 1. The van der Waals surface area contributed by atoms with E-state index in [0.29, 0.717) is 5.01 Å². The molecule has 0 fully saturated rings. The molecule has 1 aliphatic heterocycles. The lowest BCUT2D eigenvalue weighted by Gasteiger charge is -2.41. The summed E-state index contributed by atoms with van der Waals surface area (Å²) in [4.78, 5) is 27.8. The summed E-state index contributed by atoms with van der Waals surface area (Å²) in [6.45, 7) is 3.65. The summed E-state index contributed by atoms with van der Waals surface area (Å²) in [5.74, 6) is -2.78. The molecule has 3 aromatic rings. The summed E-state index contributed by atoms with van der Waals surface area (Å²) >= 11 is 0.998. The van der Waals surface area contributed by atoms with Gasteiger partial charge in [0.1, 0.15) is 16.6 Å². The zero-order valence-electron chi connectivity index (χ0n) is 20.5. The molecule has 37 heavy (non-hydrogen) atoms. The summed E-state index contributed by atoms with van der Waals surface area (Å²) in [5, 5.41) is 19.3. The summed E-state index contributed by atoms with van der Waals surface area (Å²) in [7, 11) is -2.11. The average Bonchev–Trinajstić information content (AvgIpc) is 3.25. The molecular weight excluding hydrogens is 528 g/mol. The van der Waals surface area contributed by atoms with Gasteiger partial charge < -0.3 is 14.6 Å². The van der Waals surface area contributed by atoms with Crippen molar-refractivity contribution in [3.05, 3.63) is 62.5 Å². The quantitative estimate of drug-likeness (QED) is 0.475. The largest absolute Gasteiger partial charge is 0.503 e. The minimum absolute atomic E-state index is 0.00871. The SMILES string of the molecule is CC(C)N1C(=O)c2c(O)c(=O)c(-c3nnc(Cc4ccc(F)cc4F)s3)cn2C[C@H]1CN(C)S(C)(=O)=O. The molecular formula is C23H25F2N5O5S2. The highest BCUT2D eigenvalue weighted by molar-refractivity contribution is 7.88. The molecule has 0 saturated carbocycles. The molecule has 0 saturated heterocycles. The predicted molar refractivity (Wildman–Crippen MR) is 133 cm³/mol. The maximum absolute atomic E-state index is 14.1. The number of rotatable bonds is 7. The van der Waals surface area contributed by atoms with Crippen molar-refractivity contribution in [2.24, 2.45) is 0 Å². The Morgan fingerprint density at radius 1 is 1.24 bits per heavy atom. The minimum Gasteiger partial charge on any atom is -0.503 e. The van der Waals surface area contributed by atoms with Gasteiger partial charge in [0, 0.05) is 44.9 Å². The smallest absolute Gasteiger partial charge is 0.275 e. The van der Waals surface area contributed by atoms with Crippen molar-refractivity contribution < 1.29 is 27.1 Å². The predicted octanol–water partition coefficient (Wildman–Crippen LogP) is 2.07. The van der Waals surface area contributed by atoms with Crippen molar-refractivity contribution in [1.82, 2.24) is 24.0 Å². The summed E-state index contributed by atoms with van der Waals surface area (Å²) < 4.78 is 53.8. The van der Waals surface area contributed by atoms with E-state index in [1.165, 1.54) is 28.8 Å². The number of carbonyl (C=O) groups excluding carboxylic acids is 1. The fourth-order valence-corrected chi connectivity index (χ4v) is 5.58. The average molecular weight is 554 g/mol. The fraction of sp³-hybridized carbons (Fsp3) is 0.391. The van der Waals surface area contributed by atoms with Crippen LogP contribution in [0.3, 0.4) is 0 Å². The van der Waals surface area contributed by atoms with Crippen LogP contribution in [0.4, 0.5) is 8.78 Å². The van der Waals surface area contributed by atoms with Crippen LogP contribution in [0.2, 0.25) is 0 Å². The van der Waals surface area contributed by atoms with Crippen molar-refractivity contribution in [3.8, 4) is 16.3 Å². The van der Waals surface area contributed by atoms with Crippen molar-refractivity contribution in [2.75, 3.05) is 19.8 Å². The van der Waals surface area contributed by atoms with E-state index in [-0.39, 0.29) is 47.4 Å². The number of nitrogens with zero attached hydrogens (tertiary/aromatic N) is 5. The number of carbonyl (C=O) groups is 1. The van der Waals surface area contributed by atoms with Gasteiger partial charge in [-0.25, -0.2) is 21.5 Å². The number of benzene rings is 1. The van der Waals surface area contributed by atoms with Gasteiger partial charge >= 0.3 is 0 Å². The minimum atomic E-state index is -3.52. The number of fused-ring (bicyclic) bond motifs is 1. The Balaban J connectivity index is 1.72. The molecule has 0 bridgehead atoms. The second-order valence-electron chi connectivity index (χ2n) is 9.14. The molecule has 2 aromatic heterocycles. The van der Waals surface area contributed by atoms with Gasteiger partial charge in [-0.3, -0.25) is 9.59 Å². The molecule has 198 valence electrons.